The standard InChI is InChI=1S/C24H15ClFNO2/c25-21-9-7-19(8-10-21)20(16-27)14-18-2-1-3-23(15-18)29-24(28)13-6-17-4-11-22(26)12-5-17/h1-15H/b13-6+,20-14-. The van der Waals surface area contributed by atoms with Crippen molar-refractivity contribution in [1.29, 1.82) is 5.26 Å². The molecule has 0 atom stereocenters. The van der Waals surface area contributed by atoms with Gasteiger partial charge in [0.2, 0.25) is 0 Å². The molecule has 0 fully saturated rings. The first kappa shape index (κ1) is 20.1. The molecule has 3 rings (SSSR count). The number of carbonyl (C=O) groups excluding carboxylic acids is 1. The third-order valence-electron chi connectivity index (χ3n) is 3.95. The van der Waals surface area contributed by atoms with Gasteiger partial charge in [-0.3, -0.25) is 0 Å². The van der Waals surface area contributed by atoms with Crippen LogP contribution < -0.4 is 4.74 Å². The highest BCUT2D eigenvalue weighted by molar-refractivity contribution is 6.30. The number of ether oxygens (including phenoxy) is 1. The normalized spacial score (nSPS) is 11.3. The van der Waals surface area contributed by atoms with Crippen LogP contribution in [0, 0.1) is 17.1 Å². The van der Waals surface area contributed by atoms with Crippen LogP contribution in [0.3, 0.4) is 0 Å². The summed E-state index contributed by atoms with van der Waals surface area (Å²) in [4.78, 5) is 12.0. The average Bonchev–Trinajstić information content (AvgIpc) is 2.73. The Kier molecular flexibility index (Phi) is 6.57. The Bertz CT molecular complexity index is 1110. The van der Waals surface area contributed by atoms with Gasteiger partial charge in [-0.25, -0.2) is 9.18 Å². The van der Waals surface area contributed by atoms with E-state index < -0.39 is 5.97 Å². The van der Waals surface area contributed by atoms with E-state index in [0.717, 1.165) is 5.56 Å². The van der Waals surface area contributed by atoms with Crippen LogP contribution in [0.1, 0.15) is 16.7 Å². The molecule has 142 valence electrons. The van der Waals surface area contributed by atoms with Gasteiger partial charge in [-0.1, -0.05) is 48.0 Å². The molecule has 3 aromatic carbocycles. The van der Waals surface area contributed by atoms with Gasteiger partial charge in [-0.15, -0.1) is 0 Å². The Morgan fingerprint density at radius 3 is 2.41 bits per heavy atom. The molecular weight excluding hydrogens is 389 g/mol. The van der Waals surface area contributed by atoms with Crippen LogP contribution >= 0.6 is 11.6 Å². The minimum atomic E-state index is -0.561. The maximum absolute atomic E-state index is 12.9. The second kappa shape index (κ2) is 9.50. The maximum atomic E-state index is 12.9. The molecule has 0 spiro atoms. The summed E-state index contributed by atoms with van der Waals surface area (Å²) in [5.41, 5.74) is 2.59. The largest absolute Gasteiger partial charge is 0.423 e. The second-order valence-electron chi connectivity index (χ2n) is 6.06. The highest BCUT2D eigenvalue weighted by Gasteiger charge is 2.04. The lowest BCUT2D eigenvalue weighted by Crippen LogP contribution is -2.03. The van der Waals surface area contributed by atoms with E-state index in [4.69, 9.17) is 16.3 Å². The Hall–Kier alpha value is -3.68. The minimum Gasteiger partial charge on any atom is -0.423 e. The van der Waals surface area contributed by atoms with E-state index in [1.54, 1.807) is 72.8 Å². The lowest BCUT2D eigenvalue weighted by atomic mass is 10.0. The predicted octanol–water partition coefficient (Wildman–Crippen LogP) is 6.16. The van der Waals surface area contributed by atoms with E-state index in [9.17, 15) is 14.4 Å². The highest BCUT2D eigenvalue weighted by Crippen LogP contribution is 2.22. The molecule has 0 radical (unpaired) electrons. The summed E-state index contributed by atoms with van der Waals surface area (Å²) in [6.45, 7) is 0. The zero-order chi connectivity index (χ0) is 20.6. The van der Waals surface area contributed by atoms with E-state index in [1.165, 1.54) is 18.2 Å². The maximum Gasteiger partial charge on any atom is 0.336 e. The highest BCUT2D eigenvalue weighted by atomic mass is 35.5. The molecule has 5 heteroatoms. The van der Waals surface area contributed by atoms with Crippen molar-refractivity contribution in [3.63, 3.8) is 0 Å². The van der Waals surface area contributed by atoms with Crippen molar-refractivity contribution in [3.05, 3.63) is 106 Å². The first-order chi connectivity index (χ1) is 14.0. The van der Waals surface area contributed by atoms with Crippen molar-refractivity contribution in [1.82, 2.24) is 0 Å². The molecule has 0 aliphatic rings. The van der Waals surface area contributed by atoms with Crippen LogP contribution in [0.5, 0.6) is 5.75 Å². The number of rotatable bonds is 5. The van der Waals surface area contributed by atoms with Gasteiger partial charge >= 0.3 is 5.97 Å². The van der Waals surface area contributed by atoms with Gasteiger partial charge < -0.3 is 4.74 Å². The van der Waals surface area contributed by atoms with Crippen LogP contribution in [-0.2, 0) is 4.79 Å². The number of hydrogen-bond donors (Lipinski definition) is 0. The Morgan fingerprint density at radius 1 is 1.00 bits per heavy atom. The van der Waals surface area contributed by atoms with Crippen LogP contribution in [0.25, 0.3) is 17.7 Å². The van der Waals surface area contributed by atoms with Crippen molar-refractivity contribution in [3.8, 4) is 11.8 Å². The fourth-order valence-corrected chi connectivity index (χ4v) is 2.66. The molecule has 0 N–H and O–H groups in total. The van der Waals surface area contributed by atoms with Crippen LogP contribution in [-0.4, -0.2) is 5.97 Å². The molecule has 0 aromatic heterocycles. The van der Waals surface area contributed by atoms with Gasteiger partial charge in [-0.05, 0) is 65.2 Å². The lowest BCUT2D eigenvalue weighted by molar-refractivity contribution is -0.128. The number of halogens is 2. The van der Waals surface area contributed by atoms with Crippen LogP contribution in [0.2, 0.25) is 5.02 Å². The topological polar surface area (TPSA) is 50.1 Å². The number of nitrogens with zero attached hydrogens (tertiary/aromatic N) is 1. The van der Waals surface area contributed by atoms with Gasteiger partial charge in [0.25, 0.3) is 0 Å². The zero-order valence-electron chi connectivity index (χ0n) is 15.2. The van der Waals surface area contributed by atoms with E-state index in [2.05, 4.69) is 6.07 Å². The van der Waals surface area contributed by atoms with Crippen molar-refractivity contribution in [2.24, 2.45) is 0 Å². The zero-order valence-corrected chi connectivity index (χ0v) is 15.9. The molecular formula is C24H15ClFNO2. The third kappa shape index (κ3) is 5.90. The van der Waals surface area contributed by atoms with Crippen LogP contribution in [0.4, 0.5) is 4.39 Å². The molecule has 0 amide bonds. The summed E-state index contributed by atoms with van der Waals surface area (Å²) in [6.07, 6.45) is 4.51. The first-order valence-electron chi connectivity index (χ1n) is 8.67. The number of allylic oxidation sites excluding steroid dienone is 1. The van der Waals surface area contributed by atoms with E-state index >= 15 is 0 Å². The summed E-state index contributed by atoms with van der Waals surface area (Å²) in [7, 11) is 0. The monoisotopic (exact) mass is 403 g/mol. The van der Waals surface area contributed by atoms with E-state index in [-0.39, 0.29) is 5.82 Å². The smallest absolute Gasteiger partial charge is 0.336 e. The molecule has 3 nitrogen and oxygen atoms in total. The third-order valence-corrected chi connectivity index (χ3v) is 4.20. The summed E-state index contributed by atoms with van der Waals surface area (Å²) in [5.74, 6) is -0.556. The van der Waals surface area contributed by atoms with Crippen molar-refractivity contribution in [2.45, 2.75) is 0 Å². The number of nitriles is 1. The van der Waals surface area contributed by atoms with Crippen molar-refractivity contribution < 1.29 is 13.9 Å². The average molecular weight is 404 g/mol. The van der Waals surface area contributed by atoms with Crippen LogP contribution in [0.15, 0.2) is 78.9 Å². The fourth-order valence-electron chi connectivity index (χ4n) is 2.53. The van der Waals surface area contributed by atoms with E-state index in [0.29, 0.717) is 27.5 Å². The molecule has 0 saturated heterocycles. The van der Waals surface area contributed by atoms with Gasteiger partial charge in [0.15, 0.2) is 0 Å². The molecule has 0 heterocycles. The second-order valence-corrected chi connectivity index (χ2v) is 6.49. The predicted molar refractivity (Wildman–Crippen MR) is 112 cm³/mol. The minimum absolute atomic E-state index is 0.343. The quantitative estimate of drug-likeness (QED) is 0.168. The van der Waals surface area contributed by atoms with Gasteiger partial charge in [0.1, 0.15) is 11.6 Å². The van der Waals surface area contributed by atoms with Gasteiger partial charge in [-0.2, -0.15) is 5.26 Å². The fraction of sp³-hybridized carbons (Fsp3) is 0. The summed E-state index contributed by atoms with van der Waals surface area (Å²) in [5, 5.41) is 10.0. The van der Waals surface area contributed by atoms with Gasteiger partial charge in [0.05, 0.1) is 11.6 Å². The summed E-state index contributed by atoms with van der Waals surface area (Å²) < 4.78 is 18.2. The SMILES string of the molecule is N#C/C(=C/c1cccc(OC(=O)/C=C/c2ccc(F)cc2)c1)c1ccc(Cl)cc1. The summed E-state index contributed by atoms with van der Waals surface area (Å²) in [6, 6.07) is 21.7. The molecule has 0 bridgehead atoms. The van der Waals surface area contributed by atoms with E-state index in [1.807, 2.05) is 0 Å². The Balaban J connectivity index is 1.73. The Morgan fingerprint density at radius 2 is 1.72 bits per heavy atom. The summed E-state index contributed by atoms with van der Waals surface area (Å²) >= 11 is 5.89. The molecule has 29 heavy (non-hydrogen) atoms. The first-order valence-corrected chi connectivity index (χ1v) is 9.04. The molecule has 0 aliphatic carbocycles. The number of hydrogen-bond acceptors (Lipinski definition) is 3. The number of esters is 1. The van der Waals surface area contributed by atoms with Crippen molar-refractivity contribution in [2.75, 3.05) is 0 Å². The number of benzene rings is 3. The van der Waals surface area contributed by atoms with Crippen molar-refractivity contribution >= 4 is 35.3 Å². The van der Waals surface area contributed by atoms with Gasteiger partial charge in [0, 0.05) is 11.1 Å². The molecule has 3 aromatic rings. The molecule has 0 saturated carbocycles. The number of carbonyl (C=O) groups is 1. The molecule has 0 unspecified atom stereocenters. The Labute approximate surface area is 172 Å². The molecule has 0 aliphatic heterocycles. The lowest BCUT2D eigenvalue weighted by Gasteiger charge is -2.04.